The lowest BCUT2D eigenvalue weighted by Gasteiger charge is -2.12. The number of thioether (sulfide) groups is 1. The molecule has 0 saturated carbocycles. The summed E-state index contributed by atoms with van der Waals surface area (Å²) in [5, 5.41) is 16.8. The van der Waals surface area contributed by atoms with Crippen molar-refractivity contribution in [2.24, 2.45) is 0 Å². The van der Waals surface area contributed by atoms with Crippen molar-refractivity contribution in [3.05, 3.63) is 62.7 Å². The third-order valence-corrected chi connectivity index (χ3v) is 4.42. The highest BCUT2D eigenvalue weighted by Gasteiger charge is 2.22. The highest BCUT2D eigenvalue weighted by molar-refractivity contribution is 7.98. The molecule has 0 aliphatic rings. The van der Waals surface area contributed by atoms with Gasteiger partial charge in [-0.3, -0.25) is 19.7 Å². The summed E-state index contributed by atoms with van der Waals surface area (Å²) in [6, 6.07) is 8.73. The molecule has 0 fully saturated rings. The van der Waals surface area contributed by atoms with E-state index in [-0.39, 0.29) is 22.5 Å². The number of carbonyl (C=O) groups is 2. The number of hydrogen-bond acceptors (Lipinski definition) is 5. The van der Waals surface area contributed by atoms with E-state index in [2.05, 4.69) is 10.6 Å². The first-order valence-corrected chi connectivity index (χ1v) is 9.19. The first kappa shape index (κ1) is 19.7. The van der Waals surface area contributed by atoms with E-state index in [0.29, 0.717) is 16.5 Å². The van der Waals surface area contributed by atoms with Gasteiger partial charge in [-0.1, -0.05) is 11.6 Å². The van der Waals surface area contributed by atoms with E-state index in [1.165, 1.54) is 42.1 Å². The molecule has 2 aromatic carbocycles. The molecule has 2 N–H and O–H groups in total. The Bertz CT molecular complexity index is 873. The van der Waals surface area contributed by atoms with Gasteiger partial charge in [0.05, 0.1) is 16.2 Å². The molecule has 0 aliphatic carbocycles. The second kappa shape index (κ2) is 8.68. The standard InChI is InChI=1S/C17H16ClN3O4S/c1-3-19-16(22)12-8-10(18)4-6-14(12)20-17(23)13-9-11(26-2)5-7-15(13)21(24)25/h4-9H,3H2,1-2H3,(H,19,22)(H,20,23). The highest BCUT2D eigenvalue weighted by Crippen LogP contribution is 2.27. The summed E-state index contributed by atoms with van der Waals surface area (Å²) in [7, 11) is 0. The second-order valence-electron chi connectivity index (χ2n) is 5.14. The fourth-order valence-electron chi connectivity index (χ4n) is 2.24. The summed E-state index contributed by atoms with van der Waals surface area (Å²) in [5.41, 5.74) is -0.00181. The zero-order valence-corrected chi connectivity index (χ0v) is 15.6. The number of amides is 2. The average molecular weight is 394 g/mol. The van der Waals surface area contributed by atoms with Crippen molar-refractivity contribution in [3.8, 4) is 0 Å². The Labute approximate surface area is 159 Å². The van der Waals surface area contributed by atoms with E-state index >= 15 is 0 Å². The first-order valence-electron chi connectivity index (χ1n) is 7.59. The molecule has 0 spiro atoms. The molecule has 0 aromatic heterocycles. The monoisotopic (exact) mass is 393 g/mol. The van der Waals surface area contributed by atoms with Crippen LogP contribution in [-0.2, 0) is 0 Å². The Balaban J connectivity index is 2.42. The molecule has 0 atom stereocenters. The SMILES string of the molecule is CCNC(=O)c1cc(Cl)ccc1NC(=O)c1cc(SC)ccc1[N+](=O)[O-]. The van der Waals surface area contributed by atoms with Gasteiger partial charge < -0.3 is 10.6 Å². The van der Waals surface area contributed by atoms with Gasteiger partial charge in [-0.05, 0) is 43.5 Å². The van der Waals surface area contributed by atoms with Crippen molar-refractivity contribution in [2.75, 3.05) is 18.1 Å². The number of rotatable bonds is 6. The minimum absolute atomic E-state index is 0.0846. The van der Waals surface area contributed by atoms with Crippen LogP contribution in [0.15, 0.2) is 41.3 Å². The number of nitro groups is 1. The summed E-state index contributed by atoms with van der Waals surface area (Å²) in [5.74, 6) is -1.09. The molecule has 9 heteroatoms. The molecule has 0 bridgehead atoms. The number of anilines is 1. The number of hydrogen-bond donors (Lipinski definition) is 2. The summed E-state index contributed by atoms with van der Waals surface area (Å²) in [4.78, 5) is 36.1. The van der Waals surface area contributed by atoms with Crippen molar-refractivity contribution >= 4 is 46.6 Å². The van der Waals surface area contributed by atoms with Crippen LogP contribution in [0.2, 0.25) is 5.02 Å². The Hall–Kier alpha value is -2.58. The van der Waals surface area contributed by atoms with Crippen LogP contribution in [0.1, 0.15) is 27.6 Å². The Morgan fingerprint density at radius 3 is 2.50 bits per heavy atom. The minimum atomic E-state index is -0.680. The van der Waals surface area contributed by atoms with E-state index in [9.17, 15) is 19.7 Å². The van der Waals surface area contributed by atoms with Gasteiger partial charge in [0.1, 0.15) is 5.56 Å². The lowest BCUT2D eigenvalue weighted by molar-refractivity contribution is -0.385. The molecule has 2 rings (SSSR count). The van der Waals surface area contributed by atoms with Crippen molar-refractivity contribution in [1.82, 2.24) is 5.32 Å². The lowest BCUT2D eigenvalue weighted by Crippen LogP contribution is -2.25. The maximum Gasteiger partial charge on any atom is 0.282 e. The summed E-state index contributed by atoms with van der Waals surface area (Å²) < 4.78 is 0. The fraction of sp³-hybridized carbons (Fsp3) is 0.176. The number of nitrogens with zero attached hydrogens (tertiary/aromatic N) is 1. The molecular formula is C17H16ClN3O4S. The summed E-state index contributed by atoms with van der Waals surface area (Å²) >= 11 is 7.30. The van der Waals surface area contributed by atoms with Crippen LogP contribution in [-0.4, -0.2) is 29.5 Å². The largest absolute Gasteiger partial charge is 0.352 e. The molecule has 0 unspecified atom stereocenters. The normalized spacial score (nSPS) is 10.3. The van der Waals surface area contributed by atoms with Crippen LogP contribution in [0.5, 0.6) is 0 Å². The topological polar surface area (TPSA) is 101 Å². The van der Waals surface area contributed by atoms with Gasteiger partial charge in [-0.2, -0.15) is 0 Å². The van der Waals surface area contributed by atoms with Crippen LogP contribution in [0.4, 0.5) is 11.4 Å². The van der Waals surface area contributed by atoms with E-state index in [0.717, 1.165) is 0 Å². The third kappa shape index (κ3) is 4.53. The Morgan fingerprint density at radius 1 is 1.15 bits per heavy atom. The molecule has 0 aliphatic heterocycles. The van der Waals surface area contributed by atoms with Gasteiger partial charge >= 0.3 is 0 Å². The number of halogens is 1. The molecule has 2 aromatic rings. The fourth-order valence-corrected chi connectivity index (χ4v) is 2.85. The van der Waals surface area contributed by atoms with Crippen LogP contribution < -0.4 is 10.6 Å². The van der Waals surface area contributed by atoms with E-state index < -0.39 is 16.7 Å². The van der Waals surface area contributed by atoms with Crippen molar-refractivity contribution < 1.29 is 14.5 Å². The van der Waals surface area contributed by atoms with Gasteiger partial charge in [-0.15, -0.1) is 11.8 Å². The predicted octanol–water partition coefficient (Wildman–Crippen LogP) is 3.97. The highest BCUT2D eigenvalue weighted by atomic mass is 35.5. The van der Waals surface area contributed by atoms with E-state index in [1.807, 2.05) is 0 Å². The van der Waals surface area contributed by atoms with Crippen molar-refractivity contribution in [2.45, 2.75) is 11.8 Å². The van der Waals surface area contributed by atoms with Gasteiger partial charge in [0.2, 0.25) is 0 Å². The van der Waals surface area contributed by atoms with Gasteiger partial charge in [0.25, 0.3) is 17.5 Å². The van der Waals surface area contributed by atoms with Crippen molar-refractivity contribution in [3.63, 3.8) is 0 Å². The zero-order chi connectivity index (χ0) is 19.3. The molecule has 0 saturated heterocycles. The maximum absolute atomic E-state index is 12.6. The second-order valence-corrected chi connectivity index (χ2v) is 6.46. The maximum atomic E-state index is 12.6. The van der Waals surface area contributed by atoms with Crippen LogP contribution in [0.25, 0.3) is 0 Å². The zero-order valence-electron chi connectivity index (χ0n) is 14.0. The smallest absolute Gasteiger partial charge is 0.282 e. The van der Waals surface area contributed by atoms with Crippen LogP contribution in [0.3, 0.4) is 0 Å². The molecule has 7 nitrogen and oxygen atoms in total. The van der Waals surface area contributed by atoms with Crippen molar-refractivity contribution in [1.29, 1.82) is 0 Å². The van der Waals surface area contributed by atoms with Gasteiger partial charge in [0, 0.05) is 22.5 Å². The number of nitro benzene ring substituents is 1. The molecule has 2 amide bonds. The summed E-state index contributed by atoms with van der Waals surface area (Å²) in [6.07, 6.45) is 1.80. The minimum Gasteiger partial charge on any atom is -0.352 e. The number of nitrogens with one attached hydrogen (secondary N) is 2. The van der Waals surface area contributed by atoms with Crippen LogP contribution in [0, 0.1) is 10.1 Å². The molecular weight excluding hydrogens is 378 g/mol. The summed E-state index contributed by atoms with van der Waals surface area (Å²) in [6.45, 7) is 2.16. The Morgan fingerprint density at radius 2 is 1.88 bits per heavy atom. The third-order valence-electron chi connectivity index (χ3n) is 3.46. The van der Waals surface area contributed by atoms with Gasteiger partial charge in [0.15, 0.2) is 0 Å². The first-order chi connectivity index (χ1) is 12.4. The molecule has 0 heterocycles. The van der Waals surface area contributed by atoms with Gasteiger partial charge in [-0.25, -0.2) is 0 Å². The quantitative estimate of drug-likeness (QED) is 0.439. The van der Waals surface area contributed by atoms with E-state index in [1.54, 1.807) is 19.2 Å². The van der Waals surface area contributed by atoms with E-state index in [4.69, 9.17) is 11.6 Å². The molecule has 26 heavy (non-hydrogen) atoms. The lowest BCUT2D eigenvalue weighted by atomic mass is 10.1. The average Bonchev–Trinajstić information content (AvgIpc) is 2.62. The molecule has 136 valence electrons. The Kier molecular flexibility index (Phi) is 6.59. The predicted molar refractivity (Wildman–Crippen MR) is 102 cm³/mol. The molecule has 0 radical (unpaired) electrons. The number of benzene rings is 2. The van der Waals surface area contributed by atoms with Crippen LogP contribution >= 0.6 is 23.4 Å². The number of carbonyl (C=O) groups excluding carboxylic acids is 2.